The number of nitrogens with one attached hydrogen (secondary N) is 1. The van der Waals surface area contributed by atoms with Gasteiger partial charge in [0.1, 0.15) is 0 Å². The van der Waals surface area contributed by atoms with Crippen LogP contribution in [0.4, 0.5) is 5.69 Å². The van der Waals surface area contributed by atoms with Gasteiger partial charge in [-0.25, -0.2) is 4.90 Å². The number of halogens is 1. The lowest BCUT2D eigenvalue weighted by atomic mass is 10.2. The summed E-state index contributed by atoms with van der Waals surface area (Å²) in [5, 5.41) is 3.35. The minimum Gasteiger partial charge on any atom is -0.303 e. The van der Waals surface area contributed by atoms with E-state index in [1.165, 1.54) is 17.7 Å². The summed E-state index contributed by atoms with van der Waals surface area (Å²) in [6, 6.07) is 7.30. The van der Waals surface area contributed by atoms with Gasteiger partial charge in [-0.2, -0.15) is 0 Å². The summed E-state index contributed by atoms with van der Waals surface area (Å²) < 4.78 is 0.931. The van der Waals surface area contributed by atoms with Crippen molar-refractivity contribution in [2.24, 2.45) is 0 Å². The van der Waals surface area contributed by atoms with Gasteiger partial charge in [-0.15, -0.1) is 0 Å². The first kappa shape index (κ1) is 13.8. The van der Waals surface area contributed by atoms with Gasteiger partial charge >= 0.3 is 0 Å². The molecule has 20 heavy (non-hydrogen) atoms. The summed E-state index contributed by atoms with van der Waals surface area (Å²) in [6.07, 6.45) is 4.91. The third-order valence-corrected chi connectivity index (χ3v) is 4.55. The average Bonchev–Trinajstić information content (AvgIpc) is 3.02. The van der Waals surface area contributed by atoms with Crippen molar-refractivity contribution in [3.05, 3.63) is 28.7 Å². The highest BCUT2D eigenvalue weighted by atomic mass is 79.9. The van der Waals surface area contributed by atoms with Crippen LogP contribution in [0.25, 0.3) is 0 Å². The van der Waals surface area contributed by atoms with E-state index in [1.54, 1.807) is 12.1 Å². The van der Waals surface area contributed by atoms with Crippen LogP contribution in [0.3, 0.4) is 0 Å². The maximum absolute atomic E-state index is 12.4. The second kappa shape index (κ2) is 5.66. The van der Waals surface area contributed by atoms with Crippen molar-refractivity contribution in [3.63, 3.8) is 0 Å². The minimum absolute atomic E-state index is 0.118. The van der Waals surface area contributed by atoms with Gasteiger partial charge in [0.05, 0.1) is 18.2 Å². The Bertz CT molecular complexity index is 523. The second-order valence-electron chi connectivity index (χ2n) is 5.45. The van der Waals surface area contributed by atoms with E-state index in [-0.39, 0.29) is 24.3 Å². The fourth-order valence-electron chi connectivity index (χ4n) is 3.00. The average molecular weight is 337 g/mol. The first-order valence-corrected chi connectivity index (χ1v) is 7.83. The molecule has 1 heterocycles. The summed E-state index contributed by atoms with van der Waals surface area (Å²) in [6.45, 7) is 0. The van der Waals surface area contributed by atoms with E-state index in [0.717, 1.165) is 17.3 Å². The molecule has 0 spiro atoms. The lowest BCUT2D eigenvalue weighted by Crippen LogP contribution is -2.42. The molecule has 3 rings (SSSR count). The SMILES string of the molecule is O=C1C[C@@H](NC2CCCC2)C(=O)N1c1ccc(Br)cc1. The van der Waals surface area contributed by atoms with Crippen molar-refractivity contribution >= 4 is 33.4 Å². The zero-order valence-electron chi connectivity index (χ0n) is 11.1. The third kappa shape index (κ3) is 2.65. The van der Waals surface area contributed by atoms with Crippen LogP contribution in [-0.4, -0.2) is 23.9 Å². The molecule has 1 saturated carbocycles. The number of nitrogens with zero attached hydrogens (tertiary/aromatic N) is 1. The van der Waals surface area contributed by atoms with E-state index in [4.69, 9.17) is 0 Å². The lowest BCUT2D eigenvalue weighted by molar-refractivity contribution is -0.121. The molecule has 4 nitrogen and oxygen atoms in total. The van der Waals surface area contributed by atoms with E-state index in [2.05, 4.69) is 21.2 Å². The van der Waals surface area contributed by atoms with Crippen molar-refractivity contribution < 1.29 is 9.59 Å². The van der Waals surface area contributed by atoms with Gasteiger partial charge in [-0.05, 0) is 37.1 Å². The molecule has 1 aliphatic carbocycles. The molecule has 1 aromatic carbocycles. The number of hydrogen-bond acceptors (Lipinski definition) is 3. The topological polar surface area (TPSA) is 49.4 Å². The number of anilines is 1. The number of hydrogen-bond donors (Lipinski definition) is 1. The number of carbonyl (C=O) groups is 2. The van der Waals surface area contributed by atoms with Crippen molar-refractivity contribution in [3.8, 4) is 0 Å². The van der Waals surface area contributed by atoms with Crippen molar-refractivity contribution in [2.45, 2.75) is 44.2 Å². The predicted molar refractivity (Wildman–Crippen MR) is 80.4 cm³/mol. The maximum Gasteiger partial charge on any atom is 0.251 e. The van der Waals surface area contributed by atoms with Gasteiger partial charge in [0, 0.05) is 10.5 Å². The Labute approximate surface area is 126 Å². The van der Waals surface area contributed by atoms with Gasteiger partial charge in [0.15, 0.2) is 0 Å². The fourth-order valence-corrected chi connectivity index (χ4v) is 3.26. The van der Waals surface area contributed by atoms with Gasteiger partial charge < -0.3 is 5.32 Å². The summed E-state index contributed by atoms with van der Waals surface area (Å²) >= 11 is 3.35. The highest BCUT2D eigenvalue weighted by Gasteiger charge is 2.40. The molecule has 2 fully saturated rings. The molecule has 0 unspecified atom stereocenters. The van der Waals surface area contributed by atoms with Crippen LogP contribution >= 0.6 is 15.9 Å². The standard InChI is InChI=1S/C15H17BrN2O2/c16-10-5-7-12(8-6-10)18-14(19)9-13(15(18)20)17-11-3-1-2-4-11/h5-8,11,13,17H,1-4,9H2/t13-/m1/s1. The number of amides is 2. The predicted octanol–water partition coefficient (Wildman–Crippen LogP) is 2.61. The van der Waals surface area contributed by atoms with Crippen molar-refractivity contribution in [1.29, 1.82) is 0 Å². The maximum atomic E-state index is 12.4. The van der Waals surface area contributed by atoms with Gasteiger partial charge in [-0.1, -0.05) is 28.8 Å². The van der Waals surface area contributed by atoms with Gasteiger partial charge in [-0.3, -0.25) is 9.59 Å². The molecule has 5 heteroatoms. The number of rotatable bonds is 3. The number of benzene rings is 1. The quantitative estimate of drug-likeness (QED) is 0.863. The molecule has 2 aliphatic rings. The third-order valence-electron chi connectivity index (χ3n) is 4.02. The summed E-state index contributed by atoms with van der Waals surface area (Å²) in [7, 11) is 0. The zero-order valence-corrected chi connectivity index (χ0v) is 12.7. The molecule has 1 saturated heterocycles. The van der Waals surface area contributed by atoms with Gasteiger partial charge in [0.2, 0.25) is 5.91 Å². The zero-order chi connectivity index (χ0) is 14.1. The molecule has 0 bridgehead atoms. The second-order valence-corrected chi connectivity index (χ2v) is 6.36. The lowest BCUT2D eigenvalue weighted by Gasteiger charge is -2.18. The Morgan fingerprint density at radius 3 is 2.40 bits per heavy atom. The van der Waals surface area contributed by atoms with Crippen LogP contribution < -0.4 is 10.2 Å². The van der Waals surface area contributed by atoms with Crippen LogP contribution in [0, 0.1) is 0 Å². The Morgan fingerprint density at radius 1 is 1.10 bits per heavy atom. The minimum atomic E-state index is -0.353. The van der Waals surface area contributed by atoms with Crippen molar-refractivity contribution in [1.82, 2.24) is 5.32 Å². The monoisotopic (exact) mass is 336 g/mol. The first-order valence-electron chi connectivity index (χ1n) is 7.03. The van der Waals surface area contributed by atoms with E-state index in [0.29, 0.717) is 11.7 Å². The summed E-state index contributed by atoms with van der Waals surface area (Å²) in [4.78, 5) is 25.8. The van der Waals surface area contributed by atoms with Crippen LogP contribution in [-0.2, 0) is 9.59 Å². The van der Waals surface area contributed by atoms with Crippen LogP contribution in [0.5, 0.6) is 0 Å². The highest BCUT2D eigenvalue weighted by molar-refractivity contribution is 9.10. The van der Waals surface area contributed by atoms with Crippen LogP contribution in [0.15, 0.2) is 28.7 Å². The summed E-state index contributed by atoms with van der Waals surface area (Å²) in [5.41, 5.74) is 0.652. The Morgan fingerprint density at radius 2 is 1.75 bits per heavy atom. The molecule has 1 aromatic rings. The first-order chi connectivity index (χ1) is 9.65. The van der Waals surface area contributed by atoms with E-state index < -0.39 is 0 Å². The molecule has 1 aliphatic heterocycles. The molecular weight excluding hydrogens is 320 g/mol. The smallest absolute Gasteiger partial charge is 0.251 e. The summed E-state index contributed by atoms with van der Waals surface area (Å²) in [5.74, 6) is -0.239. The molecule has 0 radical (unpaired) electrons. The molecule has 2 amide bonds. The van der Waals surface area contributed by atoms with Crippen LogP contribution in [0.2, 0.25) is 0 Å². The fraction of sp³-hybridized carbons (Fsp3) is 0.467. The largest absolute Gasteiger partial charge is 0.303 e. The Hall–Kier alpha value is -1.20. The van der Waals surface area contributed by atoms with E-state index in [1.807, 2.05) is 12.1 Å². The number of imide groups is 1. The molecule has 0 aromatic heterocycles. The number of carbonyl (C=O) groups excluding carboxylic acids is 2. The van der Waals surface area contributed by atoms with E-state index >= 15 is 0 Å². The van der Waals surface area contributed by atoms with Gasteiger partial charge in [0.25, 0.3) is 5.91 Å². The Balaban J connectivity index is 1.74. The highest BCUT2D eigenvalue weighted by Crippen LogP contribution is 2.26. The van der Waals surface area contributed by atoms with Crippen LogP contribution in [0.1, 0.15) is 32.1 Å². The Kier molecular flexibility index (Phi) is 3.89. The molecule has 1 atom stereocenters. The normalized spacial score (nSPS) is 23.9. The molecule has 1 N–H and O–H groups in total. The molecular formula is C15H17BrN2O2. The van der Waals surface area contributed by atoms with Crippen molar-refractivity contribution in [2.75, 3.05) is 4.90 Å². The molecule has 106 valence electrons. The van der Waals surface area contributed by atoms with E-state index in [9.17, 15) is 9.59 Å².